The van der Waals surface area contributed by atoms with E-state index in [1.807, 2.05) is 17.9 Å². The Labute approximate surface area is 111 Å². The van der Waals surface area contributed by atoms with Crippen molar-refractivity contribution in [2.45, 2.75) is 37.5 Å². The van der Waals surface area contributed by atoms with Gasteiger partial charge in [0, 0.05) is 25.3 Å². The van der Waals surface area contributed by atoms with E-state index in [-0.39, 0.29) is 10.9 Å². The Balaban J connectivity index is 2.71. The van der Waals surface area contributed by atoms with Crippen LogP contribution in [0.5, 0.6) is 0 Å². The number of ether oxygens (including phenoxy) is 1. The third-order valence-electron chi connectivity index (χ3n) is 2.49. The molecule has 0 radical (unpaired) electrons. The molecule has 0 fully saturated rings. The van der Waals surface area contributed by atoms with Crippen LogP contribution in [0.1, 0.15) is 26.0 Å². The first-order valence-electron chi connectivity index (χ1n) is 5.25. The summed E-state index contributed by atoms with van der Waals surface area (Å²) in [4.78, 5) is 0. The summed E-state index contributed by atoms with van der Waals surface area (Å²) in [6.07, 6.45) is 3.73. The van der Waals surface area contributed by atoms with Crippen molar-refractivity contribution in [3.05, 3.63) is 16.4 Å². The lowest BCUT2D eigenvalue weighted by atomic mass is 10.0. The van der Waals surface area contributed by atoms with E-state index >= 15 is 0 Å². The molecule has 1 rings (SSSR count). The maximum absolute atomic E-state index is 5.50. The van der Waals surface area contributed by atoms with Crippen LogP contribution >= 0.6 is 28.6 Å². The van der Waals surface area contributed by atoms with E-state index in [2.05, 4.69) is 47.5 Å². The number of aromatic nitrogens is 2. The van der Waals surface area contributed by atoms with Gasteiger partial charge in [0.25, 0.3) is 0 Å². The molecule has 1 aromatic rings. The summed E-state index contributed by atoms with van der Waals surface area (Å²) in [5.41, 5.74) is 1.16. The van der Waals surface area contributed by atoms with Gasteiger partial charge in [-0.2, -0.15) is 17.7 Å². The Hall–Kier alpha value is -0.000000000000000111. The minimum absolute atomic E-state index is 0.0221. The van der Waals surface area contributed by atoms with Crippen LogP contribution in [0.15, 0.2) is 10.7 Å². The molecule has 0 saturated carbocycles. The highest BCUT2D eigenvalue weighted by Gasteiger charge is 2.21. The number of aryl methyl sites for hydroxylation is 1. The minimum Gasteiger partial charge on any atom is -0.381 e. The fraction of sp³-hybridized carbons (Fsp3) is 0.727. The van der Waals surface area contributed by atoms with Crippen LogP contribution < -0.4 is 0 Å². The lowest BCUT2D eigenvalue weighted by molar-refractivity contribution is 0.0874. The van der Waals surface area contributed by atoms with Crippen molar-refractivity contribution in [1.29, 1.82) is 0 Å². The Kier molecular flexibility index (Phi) is 4.88. The lowest BCUT2D eigenvalue weighted by Crippen LogP contribution is -2.25. The van der Waals surface area contributed by atoms with E-state index in [0.29, 0.717) is 0 Å². The predicted octanol–water partition coefficient (Wildman–Crippen LogP) is 2.84. The number of rotatable bonds is 5. The van der Waals surface area contributed by atoms with Gasteiger partial charge in [-0.05, 0) is 22.4 Å². The average molecular weight is 307 g/mol. The molecule has 0 N–H and O–H groups in total. The smallest absolute Gasteiger partial charge is 0.0639 e. The van der Waals surface area contributed by atoms with Crippen molar-refractivity contribution in [2.75, 3.05) is 7.11 Å². The van der Waals surface area contributed by atoms with Gasteiger partial charge < -0.3 is 4.74 Å². The maximum atomic E-state index is 5.50. The third kappa shape index (κ3) is 4.11. The number of hydrogen-bond donors (Lipinski definition) is 1. The Bertz CT molecular complexity index is 327. The summed E-state index contributed by atoms with van der Waals surface area (Å²) in [7, 11) is 3.69. The monoisotopic (exact) mass is 306 g/mol. The molecule has 1 unspecified atom stereocenters. The summed E-state index contributed by atoms with van der Waals surface area (Å²) in [6.45, 7) is 4.20. The standard InChI is InChI=1S/C11H19BrN2OS/c1-11(2,16)6-8(15-4)5-10-9(12)7-13-14(10)3/h7-8,16H,5-6H2,1-4H3. The van der Waals surface area contributed by atoms with E-state index in [1.54, 1.807) is 7.11 Å². The quantitative estimate of drug-likeness (QED) is 0.847. The van der Waals surface area contributed by atoms with Crippen LogP contribution in [0.4, 0.5) is 0 Å². The van der Waals surface area contributed by atoms with Gasteiger partial charge in [-0.25, -0.2) is 0 Å². The van der Waals surface area contributed by atoms with E-state index < -0.39 is 0 Å². The van der Waals surface area contributed by atoms with E-state index in [4.69, 9.17) is 4.74 Å². The highest BCUT2D eigenvalue weighted by molar-refractivity contribution is 9.10. The molecule has 0 saturated heterocycles. The number of methoxy groups -OCH3 is 1. The number of thiol groups is 1. The molecule has 0 bridgehead atoms. The molecule has 1 aromatic heterocycles. The van der Waals surface area contributed by atoms with Gasteiger partial charge in [0.05, 0.1) is 22.5 Å². The van der Waals surface area contributed by atoms with Crippen molar-refractivity contribution in [3.8, 4) is 0 Å². The average Bonchev–Trinajstić information content (AvgIpc) is 2.46. The van der Waals surface area contributed by atoms with Gasteiger partial charge in [0.15, 0.2) is 0 Å². The number of hydrogen-bond acceptors (Lipinski definition) is 3. The van der Waals surface area contributed by atoms with E-state index in [0.717, 1.165) is 23.0 Å². The fourth-order valence-electron chi connectivity index (χ4n) is 1.68. The van der Waals surface area contributed by atoms with Gasteiger partial charge in [-0.1, -0.05) is 13.8 Å². The lowest BCUT2D eigenvalue weighted by Gasteiger charge is -2.24. The van der Waals surface area contributed by atoms with Crippen LogP contribution in [-0.2, 0) is 18.2 Å². The highest BCUT2D eigenvalue weighted by Crippen LogP contribution is 2.24. The largest absolute Gasteiger partial charge is 0.381 e. The second kappa shape index (κ2) is 5.56. The second-order valence-corrected chi connectivity index (χ2v) is 6.71. The van der Waals surface area contributed by atoms with Crippen molar-refractivity contribution >= 4 is 28.6 Å². The molecule has 0 aromatic carbocycles. The minimum atomic E-state index is -0.0221. The van der Waals surface area contributed by atoms with Gasteiger partial charge in [-0.15, -0.1) is 0 Å². The van der Waals surface area contributed by atoms with Crippen molar-refractivity contribution in [3.63, 3.8) is 0 Å². The molecule has 1 heterocycles. The van der Waals surface area contributed by atoms with Crippen molar-refractivity contribution < 1.29 is 4.74 Å². The topological polar surface area (TPSA) is 27.1 Å². The molecule has 3 nitrogen and oxygen atoms in total. The van der Waals surface area contributed by atoms with E-state index in [9.17, 15) is 0 Å². The van der Waals surface area contributed by atoms with Gasteiger partial charge in [0.1, 0.15) is 0 Å². The van der Waals surface area contributed by atoms with Crippen LogP contribution in [0.25, 0.3) is 0 Å². The Morgan fingerprint density at radius 3 is 2.62 bits per heavy atom. The van der Waals surface area contributed by atoms with Crippen LogP contribution in [0, 0.1) is 0 Å². The zero-order chi connectivity index (χ0) is 12.3. The normalized spacial score (nSPS) is 14.1. The van der Waals surface area contributed by atoms with Crippen LogP contribution in [0.3, 0.4) is 0 Å². The number of halogens is 1. The fourth-order valence-corrected chi connectivity index (χ4v) is 2.39. The molecule has 1 atom stereocenters. The van der Waals surface area contributed by atoms with Gasteiger partial charge in [-0.3, -0.25) is 4.68 Å². The highest BCUT2D eigenvalue weighted by atomic mass is 79.9. The molecule has 0 aliphatic rings. The first-order chi connectivity index (χ1) is 7.33. The zero-order valence-corrected chi connectivity index (χ0v) is 12.7. The first kappa shape index (κ1) is 14.1. The molecule has 0 aliphatic carbocycles. The molecule has 16 heavy (non-hydrogen) atoms. The van der Waals surface area contributed by atoms with Gasteiger partial charge in [0.2, 0.25) is 0 Å². The maximum Gasteiger partial charge on any atom is 0.0639 e. The molecule has 5 heteroatoms. The first-order valence-corrected chi connectivity index (χ1v) is 6.49. The second-order valence-electron chi connectivity index (χ2n) is 4.64. The molecular weight excluding hydrogens is 288 g/mol. The van der Waals surface area contributed by atoms with Crippen LogP contribution in [0.2, 0.25) is 0 Å². The summed E-state index contributed by atoms with van der Waals surface area (Å²) in [6, 6.07) is 0. The SMILES string of the molecule is COC(Cc1c(Br)cnn1C)CC(C)(C)S. The molecule has 0 aliphatic heterocycles. The van der Waals surface area contributed by atoms with Gasteiger partial charge >= 0.3 is 0 Å². The Morgan fingerprint density at radius 1 is 1.62 bits per heavy atom. The third-order valence-corrected chi connectivity index (χ3v) is 3.34. The summed E-state index contributed by atoms with van der Waals surface area (Å²) in [5.74, 6) is 0. The predicted molar refractivity (Wildman–Crippen MR) is 73.1 cm³/mol. The summed E-state index contributed by atoms with van der Waals surface area (Å²) >= 11 is 8.03. The molecular formula is C11H19BrN2OS. The van der Waals surface area contributed by atoms with Crippen LogP contribution in [-0.4, -0.2) is 27.7 Å². The Morgan fingerprint density at radius 2 is 2.25 bits per heavy atom. The summed E-state index contributed by atoms with van der Waals surface area (Å²) < 4.78 is 8.39. The molecule has 0 amide bonds. The van der Waals surface area contributed by atoms with E-state index in [1.165, 1.54) is 0 Å². The molecule has 0 spiro atoms. The van der Waals surface area contributed by atoms with Crippen molar-refractivity contribution in [1.82, 2.24) is 9.78 Å². The summed E-state index contributed by atoms with van der Waals surface area (Å²) in [5, 5.41) is 4.20. The molecule has 92 valence electrons. The number of nitrogens with zero attached hydrogens (tertiary/aromatic N) is 2. The van der Waals surface area contributed by atoms with Crippen molar-refractivity contribution in [2.24, 2.45) is 7.05 Å². The zero-order valence-electron chi connectivity index (χ0n) is 10.2.